The molecule has 0 aromatic heterocycles. The van der Waals surface area contributed by atoms with Crippen LogP contribution >= 0.6 is 23.2 Å². The molecule has 3 nitrogen and oxygen atoms in total. The molecule has 0 radical (unpaired) electrons. The van der Waals surface area contributed by atoms with Gasteiger partial charge in [-0.1, -0.05) is 41.4 Å². The smallest absolute Gasteiger partial charge is 0.321 e. The minimum absolute atomic E-state index is 0.152. The highest BCUT2D eigenvalue weighted by molar-refractivity contribution is 6.55. The van der Waals surface area contributed by atoms with Crippen molar-refractivity contribution in [3.8, 4) is 0 Å². The van der Waals surface area contributed by atoms with E-state index in [9.17, 15) is 4.79 Å². The van der Waals surface area contributed by atoms with Crippen LogP contribution in [0.5, 0.6) is 0 Å². The molecule has 0 fully saturated rings. The molecule has 0 unspecified atom stereocenters. The predicted octanol–water partition coefficient (Wildman–Crippen LogP) is 3.47. The second-order valence-corrected chi connectivity index (χ2v) is 4.18. The molecule has 1 N–H and O–H groups in total. The van der Waals surface area contributed by atoms with Crippen LogP contribution in [0.25, 0.3) is 0 Å². The maximum Gasteiger partial charge on any atom is 0.321 e. The SMILES string of the molecule is CN(CC=C(Cl)Cl)C(=O)Nc1ccccc1. The Bertz CT molecular complexity index is 375. The van der Waals surface area contributed by atoms with Gasteiger partial charge in [-0.25, -0.2) is 4.79 Å². The lowest BCUT2D eigenvalue weighted by molar-refractivity contribution is 0.226. The van der Waals surface area contributed by atoms with Crippen LogP contribution in [0.1, 0.15) is 0 Å². The summed E-state index contributed by atoms with van der Waals surface area (Å²) in [5, 5.41) is 2.74. The first-order valence-electron chi connectivity index (χ1n) is 4.68. The number of rotatable bonds is 3. The Morgan fingerprint density at radius 1 is 1.38 bits per heavy atom. The average Bonchev–Trinajstić information content (AvgIpc) is 2.27. The summed E-state index contributed by atoms with van der Waals surface area (Å²) in [6.45, 7) is 0.362. The fourth-order valence-corrected chi connectivity index (χ4v) is 1.17. The van der Waals surface area contributed by atoms with Crippen LogP contribution in [-0.2, 0) is 0 Å². The van der Waals surface area contributed by atoms with Gasteiger partial charge in [0.25, 0.3) is 0 Å². The number of hydrogen-bond acceptors (Lipinski definition) is 1. The van der Waals surface area contributed by atoms with E-state index >= 15 is 0 Å². The van der Waals surface area contributed by atoms with Crippen LogP contribution in [0, 0.1) is 0 Å². The van der Waals surface area contributed by atoms with Gasteiger partial charge in [-0.15, -0.1) is 0 Å². The van der Waals surface area contributed by atoms with Crippen molar-refractivity contribution in [3.63, 3.8) is 0 Å². The van der Waals surface area contributed by atoms with Crippen molar-refractivity contribution in [2.75, 3.05) is 18.9 Å². The van der Waals surface area contributed by atoms with Gasteiger partial charge in [0.15, 0.2) is 0 Å². The Kier molecular flexibility index (Phi) is 5.15. The minimum Gasteiger partial charge on any atom is -0.324 e. The molecule has 86 valence electrons. The lowest BCUT2D eigenvalue weighted by Crippen LogP contribution is -2.31. The van der Waals surface area contributed by atoms with E-state index in [1.54, 1.807) is 13.1 Å². The summed E-state index contributed by atoms with van der Waals surface area (Å²) >= 11 is 10.9. The first-order valence-corrected chi connectivity index (χ1v) is 5.43. The second-order valence-electron chi connectivity index (χ2n) is 3.17. The monoisotopic (exact) mass is 258 g/mol. The van der Waals surface area contributed by atoms with Crippen LogP contribution in [0.3, 0.4) is 0 Å². The molecular weight excluding hydrogens is 247 g/mol. The Balaban J connectivity index is 2.49. The zero-order valence-corrected chi connectivity index (χ0v) is 10.3. The molecule has 1 aromatic carbocycles. The molecule has 0 heterocycles. The van der Waals surface area contributed by atoms with E-state index in [0.717, 1.165) is 5.69 Å². The third kappa shape index (κ3) is 4.55. The fourth-order valence-electron chi connectivity index (χ4n) is 1.03. The van der Waals surface area contributed by atoms with Crippen molar-refractivity contribution in [3.05, 3.63) is 40.9 Å². The van der Waals surface area contributed by atoms with Gasteiger partial charge in [-0.2, -0.15) is 0 Å². The number of hydrogen-bond donors (Lipinski definition) is 1. The average molecular weight is 259 g/mol. The first-order chi connectivity index (χ1) is 7.59. The van der Waals surface area contributed by atoms with Gasteiger partial charge in [-0.05, 0) is 18.2 Å². The van der Waals surface area contributed by atoms with Crippen molar-refractivity contribution in [2.45, 2.75) is 0 Å². The van der Waals surface area contributed by atoms with E-state index in [1.165, 1.54) is 4.90 Å². The third-order valence-corrected chi connectivity index (χ3v) is 2.20. The zero-order chi connectivity index (χ0) is 12.0. The molecule has 0 aliphatic carbocycles. The molecule has 16 heavy (non-hydrogen) atoms. The first kappa shape index (κ1) is 12.9. The van der Waals surface area contributed by atoms with Crippen LogP contribution in [0.2, 0.25) is 0 Å². The van der Waals surface area contributed by atoms with Gasteiger partial charge in [0, 0.05) is 19.3 Å². The van der Waals surface area contributed by atoms with Crippen LogP contribution in [0.15, 0.2) is 40.9 Å². The number of carbonyl (C=O) groups is 1. The van der Waals surface area contributed by atoms with E-state index in [4.69, 9.17) is 23.2 Å². The Morgan fingerprint density at radius 3 is 2.56 bits per heavy atom. The molecule has 1 rings (SSSR count). The van der Waals surface area contributed by atoms with Gasteiger partial charge < -0.3 is 10.2 Å². The lowest BCUT2D eigenvalue weighted by atomic mass is 10.3. The molecule has 2 amide bonds. The molecule has 0 saturated heterocycles. The van der Waals surface area contributed by atoms with Gasteiger partial charge >= 0.3 is 6.03 Å². The number of urea groups is 1. The van der Waals surface area contributed by atoms with Gasteiger partial charge in [0.05, 0.1) is 0 Å². The van der Waals surface area contributed by atoms with E-state index in [2.05, 4.69) is 5.32 Å². The van der Waals surface area contributed by atoms with Crippen LogP contribution < -0.4 is 5.32 Å². The molecule has 0 aliphatic heterocycles. The summed E-state index contributed by atoms with van der Waals surface area (Å²) < 4.78 is 0.152. The maximum absolute atomic E-state index is 11.6. The number of anilines is 1. The van der Waals surface area contributed by atoms with Gasteiger partial charge in [0.1, 0.15) is 4.49 Å². The minimum atomic E-state index is -0.211. The number of nitrogens with zero attached hydrogens (tertiary/aromatic N) is 1. The number of nitrogens with one attached hydrogen (secondary N) is 1. The topological polar surface area (TPSA) is 32.3 Å². The number of para-hydroxylation sites is 1. The van der Waals surface area contributed by atoms with Crippen molar-refractivity contribution in [2.24, 2.45) is 0 Å². The highest BCUT2D eigenvalue weighted by atomic mass is 35.5. The lowest BCUT2D eigenvalue weighted by Gasteiger charge is -2.15. The summed E-state index contributed by atoms with van der Waals surface area (Å²) in [7, 11) is 1.66. The van der Waals surface area contributed by atoms with E-state index in [-0.39, 0.29) is 10.5 Å². The molecule has 0 saturated carbocycles. The standard InChI is InChI=1S/C11H12Cl2N2O/c1-15(8-7-10(12)13)11(16)14-9-5-3-2-4-6-9/h2-7H,8H2,1H3,(H,14,16). The Morgan fingerprint density at radius 2 is 2.00 bits per heavy atom. The molecule has 5 heteroatoms. The number of benzene rings is 1. The van der Waals surface area contributed by atoms with Crippen LogP contribution in [-0.4, -0.2) is 24.5 Å². The molecule has 0 spiro atoms. The summed E-state index contributed by atoms with van der Waals surface area (Å²) in [6.07, 6.45) is 1.55. The highest BCUT2D eigenvalue weighted by Crippen LogP contribution is 2.08. The van der Waals surface area contributed by atoms with Crippen molar-refractivity contribution < 1.29 is 4.79 Å². The normalized spacial score (nSPS) is 9.44. The molecular formula is C11H12Cl2N2O. The molecule has 0 atom stereocenters. The Hall–Kier alpha value is -1.19. The van der Waals surface area contributed by atoms with E-state index in [0.29, 0.717) is 6.54 Å². The Labute approximate surface area is 105 Å². The van der Waals surface area contributed by atoms with Gasteiger partial charge in [0.2, 0.25) is 0 Å². The molecule has 1 aromatic rings. The summed E-state index contributed by atoms with van der Waals surface area (Å²) in [5.41, 5.74) is 0.750. The highest BCUT2D eigenvalue weighted by Gasteiger charge is 2.06. The van der Waals surface area contributed by atoms with Crippen molar-refractivity contribution >= 4 is 34.9 Å². The summed E-state index contributed by atoms with van der Waals surface area (Å²) in [5.74, 6) is 0. The van der Waals surface area contributed by atoms with Gasteiger partial charge in [-0.3, -0.25) is 0 Å². The van der Waals surface area contributed by atoms with Crippen LogP contribution in [0.4, 0.5) is 10.5 Å². The quantitative estimate of drug-likeness (QED) is 0.885. The predicted molar refractivity (Wildman–Crippen MR) is 67.9 cm³/mol. The number of carbonyl (C=O) groups excluding carboxylic acids is 1. The maximum atomic E-state index is 11.6. The van der Waals surface area contributed by atoms with Crippen molar-refractivity contribution in [1.82, 2.24) is 4.90 Å². The largest absolute Gasteiger partial charge is 0.324 e. The van der Waals surface area contributed by atoms with E-state index < -0.39 is 0 Å². The number of halogens is 2. The summed E-state index contributed by atoms with van der Waals surface area (Å²) in [4.78, 5) is 13.1. The third-order valence-electron chi connectivity index (χ3n) is 1.89. The number of amides is 2. The summed E-state index contributed by atoms with van der Waals surface area (Å²) in [6, 6.07) is 9.01. The fraction of sp³-hybridized carbons (Fsp3) is 0.182. The zero-order valence-electron chi connectivity index (χ0n) is 8.78. The molecule has 0 aliphatic rings. The van der Waals surface area contributed by atoms with E-state index in [1.807, 2.05) is 30.3 Å². The molecule has 0 bridgehead atoms. The second kappa shape index (κ2) is 6.40. The number of likely N-dealkylation sites (N-methyl/N-ethyl adjacent to an activating group) is 1. The van der Waals surface area contributed by atoms with Crippen molar-refractivity contribution in [1.29, 1.82) is 0 Å².